The molecule has 0 aromatic rings. The molecule has 0 aromatic carbocycles. The number of phosphoric ester groups is 1. The van der Waals surface area contributed by atoms with Gasteiger partial charge in [-0.3, -0.25) is 18.6 Å². The third-order valence-corrected chi connectivity index (χ3v) is 8.21. The van der Waals surface area contributed by atoms with Gasteiger partial charge in [0.05, 0.1) is 13.2 Å². The Kier molecular flexibility index (Phi) is 31.9. The van der Waals surface area contributed by atoms with Gasteiger partial charge in [-0.05, 0) is 64.2 Å². The number of rotatable bonds is 33. The van der Waals surface area contributed by atoms with E-state index in [-0.39, 0.29) is 32.6 Å². The maximum atomic E-state index is 12.5. The van der Waals surface area contributed by atoms with E-state index in [1.807, 2.05) is 0 Å². The van der Waals surface area contributed by atoms with Gasteiger partial charge in [0, 0.05) is 19.4 Å². The molecule has 0 aliphatic heterocycles. The number of esters is 2. The fourth-order valence-corrected chi connectivity index (χ4v) is 5.31. The highest BCUT2D eigenvalue weighted by molar-refractivity contribution is 7.47. The quantitative estimate of drug-likeness (QED) is 0.0303. The second-order valence-electron chi connectivity index (χ2n) is 11.7. The zero-order chi connectivity index (χ0) is 34.0. The van der Waals surface area contributed by atoms with Crippen LogP contribution in [0.1, 0.15) is 149 Å². The van der Waals surface area contributed by atoms with Crippen molar-refractivity contribution in [2.24, 2.45) is 5.73 Å². The average Bonchev–Trinajstić information content (AvgIpc) is 3.04. The summed E-state index contributed by atoms with van der Waals surface area (Å²) < 4.78 is 32.5. The number of allylic oxidation sites excluding steroid dienone is 6. The minimum Gasteiger partial charge on any atom is -0.462 e. The molecule has 0 amide bonds. The van der Waals surface area contributed by atoms with Gasteiger partial charge in [-0.25, -0.2) is 4.57 Å². The Hall–Kier alpha value is -1.77. The van der Waals surface area contributed by atoms with E-state index in [4.69, 9.17) is 24.3 Å². The molecule has 0 saturated heterocycles. The minimum absolute atomic E-state index is 0.0491. The summed E-state index contributed by atoms with van der Waals surface area (Å²) in [6, 6.07) is 0. The van der Waals surface area contributed by atoms with Crippen molar-refractivity contribution in [1.82, 2.24) is 0 Å². The van der Waals surface area contributed by atoms with Crippen molar-refractivity contribution in [1.29, 1.82) is 0 Å². The molecule has 10 heteroatoms. The standard InChI is InChI=1S/C36H66NO8P/c1-3-5-7-9-11-13-15-16-17-18-19-21-23-25-27-29-36(39)45-34(33-44-46(40,41)43-31-30-37)32-42-35(38)28-26-24-22-20-14-12-10-8-6-4-2/h8,10-11,13,16-17,34H,3-7,9,12,14-15,18-33,37H2,1-2H3,(H,40,41)/b10-8-,13-11-,17-16-. The van der Waals surface area contributed by atoms with Crippen LogP contribution in [0.2, 0.25) is 0 Å². The van der Waals surface area contributed by atoms with E-state index in [1.54, 1.807) is 0 Å². The molecule has 0 aliphatic rings. The molecule has 0 saturated carbocycles. The number of ether oxygens (including phenoxy) is 2. The smallest absolute Gasteiger partial charge is 0.462 e. The highest BCUT2D eigenvalue weighted by Gasteiger charge is 2.25. The highest BCUT2D eigenvalue weighted by atomic mass is 31.2. The maximum absolute atomic E-state index is 12.5. The van der Waals surface area contributed by atoms with Gasteiger partial charge in [0.15, 0.2) is 6.10 Å². The number of carbonyl (C=O) groups excluding carboxylic acids is 2. The van der Waals surface area contributed by atoms with Gasteiger partial charge in [-0.1, -0.05) is 108 Å². The monoisotopic (exact) mass is 671 g/mol. The molecule has 0 aliphatic carbocycles. The van der Waals surface area contributed by atoms with E-state index < -0.39 is 32.5 Å². The van der Waals surface area contributed by atoms with E-state index >= 15 is 0 Å². The average molecular weight is 672 g/mol. The summed E-state index contributed by atoms with van der Waals surface area (Å²) in [5.41, 5.74) is 5.32. The number of hydrogen-bond acceptors (Lipinski definition) is 8. The summed E-state index contributed by atoms with van der Waals surface area (Å²) in [7, 11) is -4.37. The van der Waals surface area contributed by atoms with E-state index in [2.05, 4.69) is 50.3 Å². The van der Waals surface area contributed by atoms with Crippen LogP contribution in [0.15, 0.2) is 36.5 Å². The van der Waals surface area contributed by atoms with Gasteiger partial charge in [0.1, 0.15) is 6.61 Å². The number of phosphoric acid groups is 1. The summed E-state index contributed by atoms with van der Waals surface area (Å²) in [6.07, 6.45) is 33.2. The third kappa shape index (κ3) is 32.2. The second-order valence-corrected chi connectivity index (χ2v) is 13.2. The van der Waals surface area contributed by atoms with Gasteiger partial charge in [-0.2, -0.15) is 0 Å². The lowest BCUT2D eigenvalue weighted by Crippen LogP contribution is -2.29. The molecule has 0 aromatic heterocycles. The first-order valence-electron chi connectivity index (χ1n) is 18.0. The molecule has 9 nitrogen and oxygen atoms in total. The van der Waals surface area contributed by atoms with Crippen LogP contribution in [-0.4, -0.2) is 49.3 Å². The summed E-state index contributed by atoms with van der Waals surface area (Å²) in [5, 5.41) is 0. The largest absolute Gasteiger partial charge is 0.472 e. The molecule has 2 unspecified atom stereocenters. The predicted molar refractivity (Wildman–Crippen MR) is 187 cm³/mol. The van der Waals surface area contributed by atoms with Crippen molar-refractivity contribution in [3.8, 4) is 0 Å². The normalized spacial score (nSPS) is 13.9. The molecule has 3 N–H and O–H groups in total. The molecule has 0 rings (SSSR count). The SMILES string of the molecule is CCC/C=C\CCCCCCCC(=O)OCC(COP(=O)(O)OCCN)OC(=O)CCCCCCC/C=C\C/C=C\CCCCC. The second kappa shape index (κ2) is 33.1. The zero-order valence-corrected chi connectivity index (χ0v) is 29.9. The molecular formula is C36H66NO8P. The van der Waals surface area contributed by atoms with Crippen LogP contribution in [0.5, 0.6) is 0 Å². The van der Waals surface area contributed by atoms with Crippen molar-refractivity contribution >= 4 is 19.8 Å². The lowest BCUT2D eigenvalue weighted by atomic mass is 10.1. The molecule has 0 fully saturated rings. The Morgan fingerprint density at radius 3 is 1.76 bits per heavy atom. The zero-order valence-electron chi connectivity index (χ0n) is 29.0. The van der Waals surface area contributed by atoms with Crippen molar-refractivity contribution in [2.75, 3.05) is 26.4 Å². The molecule has 0 bridgehead atoms. The Morgan fingerprint density at radius 1 is 0.652 bits per heavy atom. The molecule has 46 heavy (non-hydrogen) atoms. The van der Waals surface area contributed by atoms with Crippen molar-refractivity contribution in [3.63, 3.8) is 0 Å². The Morgan fingerprint density at radius 2 is 1.17 bits per heavy atom. The Labute approximate surface area is 280 Å². The summed E-state index contributed by atoms with van der Waals surface area (Å²) in [4.78, 5) is 34.6. The first-order valence-corrected chi connectivity index (χ1v) is 19.5. The number of carbonyl (C=O) groups is 2. The van der Waals surface area contributed by atoms with E-state index in [0.717, 1.165) is 83.5 Å². The summed E-state index contributed by atoms with van der Waals surface area (Å²) in [5.74, 6) is -0.862. The predicted octanol–water partition coefficient (Wildman–Crippen LogP) is 9.43. The highest BCUT2D eigenvalue weighted by Crippen LogP contribution is 2.43. The maximum Gasteiger partial charge on any atom is 0.472 e. The van der Waals surface area contributed by atoms with Crippen molar-refractivity contribution in [3.05, 3.63) is 36.5 Å². The van der Waals surface area contributed by atoms with Crippen LogP contribution in [0.25, 0.3) is 0 Å². The van der Waals surface area contributed by atoms with Crippen LogP contribution in [0.3, 0.4) is 0 Å². The fraction of sp³-hybridized carbons (Fsp3) is 0.778. The van der Waals surface area contributed by atoms with Crippen LogP contribution in [0, 0.1) is 0 Å². The fourth-order valence-electron chi connectivity index (χ4n) is 4.55. The number of hydrogen-bond donors (Lipinski definition) is 2. The number of nitrogens with two attached hydrogens (primary N) is 1. The van der Waals surface area contributed by atoms with Gasteiger partial charge in [0.25, 0.3) is 0 Å². The van der Waals surface area contributed by atoms with Crippen molar-refractivity contribution < 1.29 is 37.6 Å². The number of unbranched alkanes of at least 4 members (excludes halogenated alkanes) is 14. The van der Waals surface area contributed by atoms with Crippen LogP contribution in [0.4, 0.5) is 0 Å². The lowest BCUT2D eigenvalue weighted by Gasteiger charge is -2.19. The molecule has 2 atom stereocenters. The van der Waals surface area contributed by atoms with Gasteiger partial charge in [0.2, 0.25) is 0 Å². The third-order valence-electron chi connectivity index (χ3n) is 7.23. The van der Waals surface area contributed by atoms with E-state index in [9.17, 15) is 19.0 Å². The molecular weight excluding hydrogens is 605 g/mol. The Balaban J connectivity index is 4.29. The first kappa shape index (κ1) is 44.2. The van der Waals surface area contributed by atoms with Crippen LogP contribution in [-0.2, 0) is 32.7 Å². The summed E-state index contributed by atoms with van der Waals surface area (Å²) >= 11 is 0. The van der Waals surface area contributed by atoms with Gasteiger partial charge >= 0.3 is 19.8 Å². The van der Waals surface area contributed by atoms with Gasteiger partial charge < -0.3 is 20.1 Å². The molecule has 268 valence electrons. The van der Waals surface area contributed by atoms with Gasteiger partial charge in [-0.15, -0.1) is 0 Å². The molecule has 0 heterocycles. The lowest BCUT2D eigenvalue weighted by molar-refractivity contribution is -0.161. The minimum atomic E-state index is -4.37. The first-order chi connectivity index (χ1) is 22.3. The van der Waals surface area contributed by atoms with Crippen molar-refractivity contribution in [2.45, 2.75) is 155 Å². The summed E-state index contributed by atoms with van der Waals surface area (Å²) in [6.45, 7) is 3.59. The molecule has 0 spiro atoms. The van der Waals surface area contributed by atoms with Crippen LogP contribution < -0.4 is 5.73 Å². The topological polar surface area (TPSA) is 134 Å². The Bertz CT molecular complexity index is 861. The van der Waals surface area contributed by atoms with E-state index in [1.165, 1.54) is 32.1 Å². The van der Waals surface area contributed by atoms with Crippen LogP contribution >= 0.6 is 7.82 Å². The molecule has 0 radical (unpaired) electrons. The van der Waals surface area contributed by atoms with E-state index in [0.29, 0.717) is 6.42 Å².